The van der Waals surface area contributed by atoms with E-state index in [1.165, 1.54) is 10.6 Å². The SMILES string of the molecule is CS(=O)(=O)N1CCN(C(=O)N2CC(COc3ccc(C#N)cc3)C(c3ccc(Cl)c(Cl)c3)C2)CC1. The van der Waals surface area contributed by atoms with Gasteiger partial charge in [0.2, 0.25) is 10.0 Å². The smallest absolute Gasteiger partial charge is 0.320 e. The van der Waals surface area contributed by atoms with Gasteiger partial charge >= 0.3 is 6.03 Å². The lowest BCUT2D eigenvalue weighted by molar-refractivity contribution is 0.139. The number of carbonyl (C=O) groups is 1. The van der Waals surface area contributed by atoms with Gasteiger partial charge in [0, 0.05) is 51.1 Å². The van der Waals surface area contributed by atoms with Crippen LogP contribution < -0.4 is 4.74 Å². The molecule has 0 radical (unpaired) electrons. The summed E-state index contributed by atoms with van der Waals surface area (Å²) < 4.78 is 31.0. The van der Waals surface area contributed by atoms with Crippen LogP contribution in [0.4, 0.5) is 4.79 Å². The molecule has 4 rings (SSSR count). The van der Waals surface area contributed by atoms with Crippen LogP contribution in [-0.2, 0) is 10.0 Å². The summed E-state index contributed by atoms with van der Waals surface area (Å²) in [6, 6.07) is 14.4. The van der Waals surface area contributed by atoms with Crippen LogP contribution in [0.5, 0.6) is 5.75 Å². The Morgan fingerprint density at radius 3 is 2.31 bits per heavy atom. The van der Waals surface area contributed by atoms with Crippen LogP contribution in [0.25, 0.3) is 0 Å². The first-order chi connectivity index (χ1) is 16.7. The fourth-order valence-corrected chi connectivity index (χ4v) is 5.69. The third kappa shape index (κ3) is 6.01. The largest absolute Gasteiger partial charge is 0.493 e. The second-order valence-corrected chi connectivity index (χ2v) is 11.6. The van der Waals surface area contributed by atoms with E-state index in [0.29, 0.717) is 67.2 Å². The van der Waals surface area contributed by atoms with Crippen molar-refractivity contribution in [1.82, 2.24) is 14.1 Å². The third-order valence-electron chi connectivity index (χ3n) is 6.51. The van der Waals surface area contributed by atoms with Gasteiger partial charge in [0.05, 0.1) is 34.5 Å². The van der Waals surface area contributed by atoms with Gasteiger partial charge < -0.3 is 14.5 Å². The minimum atomic E-state index is -3.27. The highest BCUT2D eigenvalue weighted by Gasteiger charge is 2.39. The molecular weight excluding hydrogens is 511 g/mol. The Bertz CT molecular complexity index is 1230. The van der Waals surface area contributed by atoms with Crippen molar-refractivity contribution in [2.24, 2.45) is 5.92 Å². The number of piperazine rings is 1. The van der Waals surface area contributed by atoms with Crippen molar-refractivity contribution >= 4 is 39.3 Å². The Morgan fingerprint density at radius 1 is 1.03 bits per heavy atom. The number of ether oxygens (including phenoxy) is 1. The second-order valence-electron chi connectivity index (χ2n) is 8.82. The highest BCUT2D eigenvalue weighted by Crippen LogP contribution is 2.36. The molecule has 0 bridgehead atoms. The Labute approximate surface area is 215 Å². The maximum atomic E-state index is 13.3. The maximum absolute atomic E-state index is 13.3. The summed E-state index contributed by atoms with van der Waals surface area (Å²) in [7, 11) is -3.27. The third-order valence-corrected chi connectivity index (χ3v) is 8.55. The molecule has 2 fully saturated rings. The summed E-state index contributed by atoms with van der Waals surface area (Å²) in [4.78, 5) is 16.8. The fourth-order valence-electron chi connectivity index (χ4n) is 4.56. The van der Waals surface area contributed by atoms with Gasteiger partial charge in [0.25, 0.3) is 0 Å². The summed E-state index contributed by atoms with van der Waals surface area (Å²) in [5.74, 6) is 0.645. The zero-order chi connectivity index (χ0) is 25.2. The van der Waals surface area contributed by atoms with Crippen molar-refractivity contribution in [3.05, 3.63) is 63.6 Å². The fraction of sp³-hybridized carbons (Fsp3) is 0.417. The Hall–Kier alpha value is -2.51. The Morgan fingerprint density at radius 2 is 1.71 bits per heavy atom. The average Bonchev–Trinajstić information content (AvgIpc) is 3.28. The van der Waals surface area contributed by atoms with Gasteiger partial charge in [0.15, 0.2) is 0 Å². The topological polar surface area (TPSA) is 94.0 Å². The standard InChI is InChI=1S/C24H26Cl2N4O4S/c1-35(32,33)30-10-8-28(9-11-30)24(31)29-14-19(16-34-20-5-2-17(13-27)3-6-20)21(15-29)18-4-7-22(25)23(26)12-18/h2-7,12,19,21H,8-11,14-16H2,1H3. The van der Waals surface area contributed by atoms with E-state index in [0.717, 1.165) is 5.56 Å². The van der Waals surface area contributed by atoms with Gasteiger partial charge in [0.1, 0.15) is 5.75 Å². The first kappa shape index (κ1) is 25.6. The number of nitrogens with zero attached hydrogens (tertiary/aromatic N) is 4. The van der Waals surface area contributed by atoms with Crippen molar-refractivity contribution in [3.8, 4) is 11.8 Å². The van der Waals surface area contributed by atoms with Gasteiger partial charge in [-0.25, -0.2) is 13.2 Å². The molecule has 11 heteroatoms. The predicted molar refractivity (Wildman–Crippen MR) is 134 cm³/mol. The minimum Gasteiger partial charge on any atom is -0.493 e. The van der Waals surface area contributed by atoms with E-state index < -0.39 is 10.0 Å². The van der Waals surface area contributed by atoms with Gasteiger partial charge in [-0.3, -0.25) is 0 Å². The molecule has 2 unspecified atom stereocenters. The number of carbonyl (C=O) groups excluding carboxylic acids is 1. The van der Waals surface area contributed by atoms with Crippen LogP contribution in [0.2, 0.25) is 10.0 Å². The van der Waals surface area contributed by atoms with Crippen LogP contribution in [-0.4, -0.2) is 80.7 Å². The van der Waals surface area contributed by atoms with Crippen molar-refractivity contribution in [2.75, 3.05) is 52.1 Å². The Kier molecular flexibility index (Phi) is 7.77. The van der Waals surface area contributed by atoms with E-state index >= 15 is 0 Å². The van der Waals surface area contributed by atoms with E-state index in [1.54, 1.807) is 40.1 Å². The molecule has 0 N–H and O–H groups in total. The molecule has 2 aliphatic rings. The zero-order valence-electron chi connectivity index (χ0n) is 19.2. The number of benzene rings is 2. The lowest BCUT2D eigenvalue weighted by atomic mass is 9.89. The molecular formula is C24H26Cl2N4O4S. The molecule has 2 aromatic carbocycles. The number of rotatable bonds is 5. The summed E-state index contributed by atoms with van der Waals surface area (Å²) in [5.41, 5.74) is 1.53. The number of hydrogen-bond donors (Lipinski definition) is 0. The number of halogens is 2. The molecule has 0 aromatic heterocycles. The molecule has 2 aliphatic heterocycles. The highest BCUT2D eigenvalue weighted by atomic mass is 35.5. The van der Waals surface area contributed by atoms with Gasteiger partial charge in [-0.1, -0.05) is 29.3 Å². The van der Waals surface area contributed by atoms with Crippen LogP contribution in [0.3, 0.4) is 0 Å². The number of hydrogen-bond acceptors (Lipinski definition) is 5. The second kappa shape index (κ2) is 10.6. The van der Waals surface area contributed by atoms with Gasteiger partial charge in [-0.15, -0.1) is 0 Å². The highest BCUT2D eigenvalue weighted by molar-refractivity contribution is 7.88. The molecule has 2 atom stereocenters. The number of urea groups is 1. The van der Waals surface area contributed by atoms with E-state index in [2.05, 4.69) is 6.07 Å². The number of amides is 2. The predicted octanol–water partition coefficient (Wildman–Crippen LogP) is 3.66. The van der Waals surface area contributed by atoms with Crippen LogP contribution in [0.15, 0.2) is 42.5 Å². The van der Waals surface area contributed by atoms with Crippen molar-refractivity contribution < 1.29 is 17.9 Å². The lowest BCUT2D eigenvalue weighted by Gasteiger charge is -2.35. The summed E-state index contributed by atoms with van der Waals surface area (Å²) in [6.45, 7) is 2.65. The summed E-state index contributed by atoms with van der Waals surface area (Å²) in [6.07, 6.45) is 1.19. The molecule has 2 saturated heterocycles. The van der Waals surface area contributed by atoms with E-state index in [-0.39, 0.29) is 17.9 Å². The number of sulfonamides is 1. The average molecular weight is 537 g/mol. The van der Waals surface area contributed by atoms with Crippen molar-refractivity contribution in [3.63, 3.8) is 0 Å². The van der Waals surface area contributed by atoms with E-state index in [4.69, 9.17) is 33.2 Å². The number of nitriles is 1. The monoisotopic (exact) mass is 536 g/mol. The zero-order valence-corrected chi connectivity index (χ0v) is 21.6. The molecule has 2 aromatic rings. The van der Waals surface area contributed by atoms with Crippen LogP contribution in [0, 0.1) is 17.2 Å². The summed E-state index contributed by atoms with van der Waals surface area (Å²) >= 11 is 12.4. The molecule has 2 amide bonds. The molecule has 2 heterocycles. The van der Waals surface area contributed by atoms with Crippen molar-refractivity contribution in [1.29, 1.82) is 5.26 Å². The van der Waals surface area contributed by atoms with Gasteiger partial charge in [-0.05, 0) is 42.0 Å². The Balaban J connectivity index is 1.48. The van der Waals surface area contributed by atoms with E-state index in [1.807, 2.05) is 12.1 Å². The molecule has 35 heavy (non-hydrogen) atoms. The summed E-state index contributed by atoms with van der Waals surface area (Å²) in [5, 5.41) is 9.92. The normalized spacial score (nSPS) is 21.1. The van der Waals surface area contributed by atoms with Crippen molar-refractivity contribution in [2.45, 2.75) is 5.92 Å². The molecule has 8 nitrogen and oxygen atoms in total. The first-order valence-corrected chi connectivity index (χ1v) is 13.8. The minimum absolute atomic E-state index is 0.00384. The quantitative estimate of drug-likeness (QED) is 0.581. The maximum Gasteiger partial charge on any atom is 0.320 e. The molecule has 0 spiro atoms. The molecule has 0 saturated carbocycles. The number of likely N-dealkylation sites (tertiary alicyclic amines) is 1. The van der Waals surface area contributed by atoms with Crippen LogP contribution >= 0.6 is 23.2 Å². The van der Waals surface area contributed by atoms with Gasteiger partial charge in [-0.2, -0.15) is 9.57 Å². The first-order valence-electron chi connectivity index (χ1n) is 11.2. The van der Waals surface area contributed by atoms with Crippen LogP contribution in [0.1, 0.15) is 17.0 Å². The molecule has 0 aliphatic carbocycles. The lowest BCUT2D eigenvalue weighted by Crippen LogP contribution is -2.53. The molecule has 186 valence electrons. The van der Waals surface area contributed by atoms with E-state index in [9.17, 15) is 13.2 Å².